The Labute approximate surface area is 204 Å². The molecule has 0 bridgehead atoms. The zero-order valence-corrected chi connectivity index (χ0v) is 20.2. The van der Waals surface area contributed by atoms with Gasteiger partial charge in [0.25, 0.3) is 17.7 Å². The fraction of sp³-hybridized carbons (Fsp3) is 0.385. The number of carbonyl (C=O) groups excluding carboxylic acids is 4. The molecule has 2 aliphatic heterocycles. The van der Waals surface area contributed by atoms with Gasteiger partial charge in [-0.2, -0.15) is 0 Å². The van der Waals surface area contributed by atoms with Crippen LogP contribution in [0.4, 0.5) is 5.69 Å². The highest BCUT2D eigenvalue weighted by molar-refractivity contribution is 6.22. The Hall–Kier alpha value is -3.72. The monoisotopic (exact) mass is 479 g/mol. The van der Waals surface area contributed by atoms with E-state index >= 15 is 0 Å². The highest BCUT2D eigenvalue weighted by Gasteiger charge is 2.38. The molecular formula is C26H29N3O6. The number of amides is 3. The molecule has 0 aliphatic carbocycles. The van der Waals surface area contributed by atoms with Crippen LogP contribution in [0.1, 0.15) is 49.5 Å². The van der Waals surface area contributed by atoms with Crippen LogP contribution < -0.4 is 4.90 Å². The van der Waals surface area contributed by atoms with Crippen LogP contribution in [0.15, 0.2) is 42.5 Å². The van der Waals surface area contributed by atoms with Crippen molar-refractivity contribution >= 4 is 29.4 Å². The summed E-state index contributed by atoms with van der Waals surface area (Å²) in [5.74, 6) is -1.94. The lowest BCUT2D eigenvalue weighted by molar-refractivity contribution is -0.133. The Bertz CT molecular complexity index is 1140. The summed E-state index contributed by atoms with van der Waals surface area (Å²) in [6, 6.07) is 12.1. The molecule has 184 valence electrons. The summed E-state index contributed by atoms with van der Waals surface area (Å²) in [5, 5.41) is 0. The van der Waals surface area contributed by atoms with Crippen molar-refractivity contribution in [1.29, 1.82) is 0 Å². The van der Waals surface area contributed by atoms with Crippen LogP contribution in [0.2, 0.25) is 0 Å². The molecule has 0 spiro atoms. The van der Waals surface area contributed by atoms with Crippen LogP contribution in [-0.2, 0) is 20.8 Å². The maximum absolute atomic E-state index is 12.8. The zero-order chi connectivity index (χ0) is 25.1. The topological polar surface area (TPSA) is 96.5 Å². The van der Waals surface area contributed by atoms with Crippen LogP contribution in [0, 0.1) is 0 Å². The number of imide groups is 1. The van der Waals surface area contributed by atoms with E-state index in [1.807, 2.05) is 43.3 Å². The maximum Gasteiger partial charge on any atom is 0.338 e. The molecule has 1 saturated heterocycles. The first-order valence-electron chi connectivity index (χ1n) is 11.5. The van der Waals surface area contributed by atoms with Gasteiger partial charge in [-0.25, -0.2) is 4.79 Å². The summed E-state index contributed by atoms with van der Waals surface area (Å²) < 4.78 is 10.7. The highest BCUT2D eigenvalue weighted by atomic mass is 16.5. The lowest BCUT2D eigenvalue weighted by atomic mass is 10.1. The quantitative estimate of drug-likeness (QED) is 0.424. The lowest BCUT2D eigenvalue weighted by Gasteiger charge is -2.18. The highest BCUT2D eigenvalue weighted by Crippen LogP contribution is 2.26. The van der Waals surface area contributed by atoms with Gasteiger partial charge in [-0.3, -0.25) is 19.3 Å². The summed E-state index contributed by atoms with van der Waals surface area (Å²) in [6.07, 6.45) is 1.55. The van der Waals surface area contributed by atoms with E-state index in [0.29, 0.717) is 13.2 Å². The molecule has 2 aromatic carbocycles. The van der Waals surface area contributed by atoms with Crippen molar-refractivity contribution in [3.63, 3.8) is 0 Å². The van der Waals surface area contributed by atoms with Gasteiger partial charge in [0.2, 0.25) is 0 Å². The molecule has 1 atom stereocenters. The van der Waals surface area contributed by atoms with Gasteiger partial charge < -0.3 is 19.3 Å². The standard InChI is InChI=1S/C26H29N3O6/c1-27(2)19-9-6-17(7-10-19)14-28(3)23(30)16-35-26(33)18-8-11-21-22(13-18)25(32)29(24(21)31)15-20-5-4-12-34-20/h6-11,13,20H,4-5,12,14-16H2,1-3H3. The lowest BCUT2D eigenvalue weighted by Crippen LogP contribution is -2.36. The molecule has 3 amide bonds. The van der Waals surface area contributed by atoms with Gasteiger partial charge in [0.15, 0.2) is 6.61 Å². The van der Waals surface area contributed by atoms with Crippen LogP contribution >= 0.6 is 0 Å². The Kier molecular flexibility index (Phi) is 7.16. The van der Waals surface area contributed by atoms with E-state index in [1.54, 1.807) is 7.05 Å². The van der Waals surface area contributed by atoms with Crippen molar-refractivity contribution in [1.82, 2.24) is 9.80 Å². The predicted octanol–water partition coefficient (Wildman–Crippen LogP) is 2.34. The van der Waals surface area contributed by atoms with Gasteiger partial charge in [0.1, 0.15) is 0 Å². The maximum atomic E-state index is 12.8. The largest absolute Gasteiger partial charge is 0.452 e. The number of ether oxygens (including phenoxy) is 2. The molecule has 9 heteroatoms. The van der Waals surface area contributed by atoms with E-state index in [0.717, 1.165) is 24.1 Å². The van der Waals surface area contributed by atoms with Gasteiger partial charge in [-0.05, 0) is 48.7 Å². The third kappa shape index (κ3) is 5.35. The number of rotatable bonds is 8. The van der Waals surface area contributed by atoms with E-state index < -0.39 is 24.4 Å². The molecule has 0 radical (unpaired) electrons. The van der Waals surface area contributed by atoms with E-state index in [1.165, 1.54) is 28.0 Å². The predicted molar refractivity (Wildman–Crippen MR) is 128 cm³/mol. The average Bonchev–Trinajstić information content (AvgIpc) is 3.45. The molecular weight excluding hydrogens is 450 g/mol. The number of hydrogen-bond acceptors (Lipinski definition) is 7. The van der Waals surface area contributed by atoms with Gasteiger partial charge in [0, 0.05) is 40.0 Å². The number of esters is 1. The molecule has 0 aromatic heterocycles. The van der Waals surface area contributed by atoms with Crippen molar-refractivity contribution in [2.45, 2.75) is 25.5 Å². The summed E-state index contributed by atoms with van der Waals surface area (Å²) in [5.41, 5.74) is 2.53. The molecule has 9 nitrogen and oxygen atoms in total. The number of hydrogen-bond donors (Lipinski definition) is 0. The second-order valence-corrected chi connectivity index (χ2v) is 9.00. The minimum atomic E-state index is -0.734. The number of nitrogens with zero attached hydrogens (tertiary/aromatic N) is 3. The van der Waals surface area contributed by atoms with Gasteiger partial charge in [-0.1, -0.05) is 12.1 Å². The van der Waals surface area contributed by atoms with E-state index in [2.05, 4.69) is 0 Å². The minimum Gasteiger partial charge on any atom is -0.452 e. The molecule has 1 fully saturated rings. The molecule has 0 saturated carbocycles. The Balaban J connectivity index is 1.33. The third-order valence-corrected chi connectivity index (χ3v) is 6.24. The molecule has 35 heavy (non-hydrogen) atoms. The number of likely N-dealkylation sites (N-methyl/N-ethyl adjacent to an activating group) is 1. The smallest absolute Gasteiger partial charge is 0.338 e. The van der Waals surface area contributed by atoms with Gasteiger partial charge >= 0.3 is 5.97 Å². The summed E-state index contributed by atoms with van der Waals surface area (Å²) in [4.78, 5) is 55.1. The van der Waals surface area contributed by atoms with Crippen molar-refractivity contribution in [3.05, 3.63) is 64.7 Å². The number of anilines is 1. The number of benzene rings is 2. The fourth-order valence-electron chi connectivity index (χ4n) is 4.16. The van der Waals surface area contributed by atoms with Gasteiger partial charge in [0.05, 0.1) is 29.3 Å². The van der Waals surface area contributed by atoms with Gasteiger partial charge in [-0.15, -0.1) is 0 Å². The SMILES string of the molecule is CN(Cc1ccc(N(C)C)cc1)C(=O)COC(=O)c1ccc2c(c1)C(=O)N(CC1CCCO1)C2=O. The van der Waals surface area contributed by atoms with Crippen LogP contribution in [0.5, 0.6) is 0 Å². The first kappa shape index (κ1) is 24.4. The van der Waals surface area contributed by atoms with Crippen molar-refractivity contribution in [2.75, 3.05) is 45.8 Å². The first-order chi connectivity index (χ1) is 16.7. The normalized spacial score (nSPS) is 16.9. The zero-order valence-electron chi connectivity index (χ0n) is 20.2. The van der Waals surface area contributed by atoms with E-state index in [9.17, 15) is 19.2 Å². The molecule has 1 unspecified atom stereocenters. The fourth-order valence-corrected chi connectivity index (χ4v) is 4.16. The van der Waals surface area contributed by atoms with Crippen molar-refractivity contribution < 1.29 is 28.7 Å². The Morgan fingerprint density at radius 1 is 1.03 bits per heavy atom. The molecule has 4 rings (SSSR count). The summed E-state index contributed by atoms with van der Waals surface area (Å²) in [6.45, 7) is 0.769. The van der Waals surface area contributed by atoms with Crippen LogP contribution in [0.25, 0.3) is 0 Å². The van der Waals surface area contributed by atoms with Crippen molar-refractivity contribution in [2.24, 2.45) is 0 Å². The molecule has 0 N–H and O–H groups in total. The van der Waals surface area contributed by atoms with Crippen LogP contribution in [0.3, 0.4) is 0 Å². The molecule has 2 aliphatic rings. The molecule has 2 aromatic rings. The molecule has 2 heterocycles. The van der Waals surface area contributed by atoms with Crippen LogP contribution in [-0.4, -0.2) is 80.5 Å². The summed E-state index contributed by atoms with van der Waals surface area (Å²) >= 11 is 0. The summed E-state index contributed by atoms with van der Waals surface area (Å²) in [7, 11) is 5.54. The minimum absolute atomic E-state index is 0.110. The number of fused-ring (bicyclic) bond motifs is 1. The van der Waals surface area contributed by atoms with E-state index in [-0.39, 0.29) is 35.2 Å². The number of carbonyl (C=O) groups is 4. The Morgan fingerprint density at radius 3 is 2.40 bits per heavy atom. The van der Waals surface area contributed by atoms with E-state index in [4.69, 9.17) is 9.47 Å². The third-order valence-electron chi connectivity index (χ3n) is 6.24. The van der Waals surface area contributed by atoms with Crippen molar-refractivity contribution in [3.8, 4) is 0 Å². The Morgan fingerprint density at radius 2 is 1.74 bits per heavy atom. The average molecular weight is 480 g/mol. The second kappa shape index (κ2) is 10.3. The second-order valence-electron chi connectivity index (χ2n) is 9.00. The first-order valence-corrected chi connectivity index (χ1v) is 11.5.